The van der Waals surface area contributed by atoms with E-state index in [0.717, 1.165) is 5.82 Å². The first-order valence-corrected chi connectivity index (χ1v) is 6.89. The molecular weight excluding hydrogens is 292 g/mol. The average Bonchev–Trinajstić information content (AvgIpc) is 2.56. The highest BCUT2D eigenvalue weighted by molar-refractivity contribution is 6.29. The van der Waals surface area contributed by atoms with Crippen LogP contribution < -0.4 is 4.90 Å². The Morgan fingerprint density at radius 3 is 2.43 bits per heavy atom. The molecule has 3 rings (SSSR count). The molecule has 1 amide bonds. The Balaban J connectivity index is 1.63. The lowest BCUT2D eigenvalue weighted by Crippen LogP contribution is -2.49. The lowest BCUT2D eigenvalue weighted by atomic mass is 10.3. The van der Waals surface area contributed by atoms with Crippen molar-refractivity contribution in [3.63, 3.8) is 0 Å². The minimum Gasteiger partial charge on any atom is -0.352 e. The third-order valence-electron chi connectivity index (χ3n) is 3.28. The maximum Gasteiger partial charge on any atom is 0.274 e. The van der Waals surface area contributed by atoms with E-state index in [-0.39, 0.29) is 11.1 Å². The fraction of sp³-hybridized carbons (Fsp3) is 0.308. The van der Waals surface area contributed by atoms with Crippen LogP contribution in [0.5, 0.6) is 0 Å². The van der Waals surface area contributed by atoms with E-state index < -0.39 is 0 Å². The van der Waals surface area contributed by atoms with Crippen LogP contribution in [0.3, 0.4) is 0 Å². The van der Waals surface area contributed by atoms with Crippen LogP contribution in [0.2, 0.25) is 5.15 Å². The topological polar surface area (TPSA) is 75.1 Å². The van der Waals surface area contributed by atoms with Gasteiger partial charge in [0.1, 0.15) is 16.7 Å². The van der Waals surface area contributed by atoms with Crippen molar-refractivity contribution < 1.29 is 4.79 Å². The number of anilines is 1. The minimum atomic E-state index is -0.127. The molecule has 0 aliphatic carbocycles. The van der Waals surface area contributed by atoms with Gasteiger partial charge in [-0.3, -0.25) is 9.78 Å². The fourth-order valence-electron chi connectivity index (χ4n) is 2.18. The van der Waals surface area contributed by atoms with Crippen LogP contribution in [0.4, 0.5) is 5.82 Å². The van der Waals surface area contributed by atoms with Crippen LogP contribution in [0, 0.1) is 0 Å². The zero-order valence-corrected chi connectivity index (χ0v) is 11.9. The molecule has 0 spiro atoms. The molecule has 21 heavy (non-hydrogen) atoms. The summed E-state index contributed by atoms with van der Waals surface area (Å²) in [6.45, 7) is 2.65. The second kappa shape index (κ2) is 6.01. The third kappa shape index (κ3) is 3.08. The Morgan fingerprint density at radius 1 is 1.00 bits per heavy atom. The van der Waals surface area contributed by atoms with Crippen molar-refractivity contribution in [2.75, 3.05) is 31.1 Å². The van der Waals surface area contributed by atoms with Crippen molar-refractivity contribution in [2.45, 2.75) is 0 Å². The largest absolute Gasteiger partial charge is 0.352 e. The van der Waals surface area contributed by atoms with E-state index in [1.807, 2.05) is 0 Å². The first-order chi connectivity index (χ1) is 10.2. The van der Waals surface area contributed by atoms with Crippen molar-refractivity contribution in [3.05, 3.63) is 41.8 Å². The second-order valence-electron chi connectivity index (χ2n) is 4.57. The van der Waals surface area contributed by atoms with Gasteiger partial charge in [0.2, 0.25) is 0 Å². The zero-order chi connectivity index (χ0) is 14.7. The number of carbonyl (C=O) groups is 1. The van der Waals surface area contributed by atoms with Gasteiger partial charge in [-0.2, -0.15) is 0 Å². The van der Waals surface area contributed by atoms with Gasteiger partial charge in [0, 0.05) is 38.6 Å². The maximum atomic E-state index is 12.3. The first-order valence-electron chi connectivity index (χ1n) is 6.52. The van der Waals surface area contributed by atoms with Crippen LogP contribution in [-0.4, -0.2) is 56.9 Å². The van der Waals surface area contributed by atoms with Gasteiger partial charge in [0.05, 0.1) is 18.6 Å². The minimum absolute atomic E-state index is 0.127. The SMILES string of the molecule is O=C(c1cnc(Cl)cn1)N1CCN(c2cnccn2)CC1. The van der Waals surface area contributed by atoms with Crippen molar-refractivity contribution in [1.82, 2.24) is 24.8 Å². The number of aromatic nitrogens is 4. The molecule has 0 N–H and O–H groups in total. The molecule has 2 aromatic heterocycles. The lowest BCUT2D eigenvalue weighted by molar-refractivity contribution is 0.0740. The number of hydrogen-bond acceptors (Lipinski definition) is 6. The molecule has 0 radical (unpaired) electrons. The molecule has 0 atom stereocenters. The van der Waals surface area contributed by atoms with Crippen LogP contribution in [0.1, 0.15) is 10.5 Å². The standard InChI is InChI=1S/C13H13ClN6O/c14-11-8-17-10(7-18-11)13(21)20-5-3-19(4-6-20)12-9-15-1-2-16-12/h1-2,7-9H,3-6H2. The third-order valence-corrected chi connectivity index (χ3v) is 3.48. The number of hydrogen-bond donors (Lipinski definition) is 0. The molecule has 2 aromatic rings. The quantitative estimate of drug-likeness (QED) is 0.820. The highest BCUT2D eigenvalue weighted by Gasteiger charge is 2.23. The summed E-state index contributed by atoms with van der Waals surface area (Å²) in [6, 6.07) is 0. The van der Waals surface area contributed by atoms with E-state index >= 15 is 0 Å². The summed E-state index contributed by atoms with van der Waals surface area (Å²) in [5, 5.41) is 0.277. The van der Waals surface area contributed by atoms with Gasteiger partial charge in [-0.05, 0) is 0 Å². The predicted molar refractivity (Wildman–Crippen MR) is 77.2 cm³/mol. The van der Waals surface area contributed by atoms with E-state index in [4.69, 9.17) is 11.6 Å². The van der Waals surface area contributed by atoms with Gasteiger partial charge in [0.25, 0.3) is 5.91 Å². The summed E-state index contributed by atoms with van der Waals surface area (Å²) in [7, 11) is 0. The summed E-state index contributed by atoms with van der Waals surface area (Å²) >= 11 is 5.67. The molecule has 1 aliphatic heterocycles. The Bertz CT molecular complexity index is 612. The van der Waals surface area contributed by atoms with Crippen LogP contribution in [-0.2, 0) is 0 Å². The van der Waals surface area contributed by atoms with E-state index in [1.54, 1.807) is 23.5 Å². The number of amides is 1. The summed E-state index contributed by atoms with van der Waals surface area (Å²) in [5.41, 5.74) is 0.312. The monoisotopic (exact) mass is 304 g/mol. The zero-order valence-electron chi connectivity index (χ0n) is 11.2. The Kier molecular flexibility index (Phi) is 3.92. The van der Waals surface area contributed by atoms with E-state index in [2.05, 4.69) is 24.8 Å². The van der Waals surface area contributed by atoms with Crippen LogP contribution >= 0.6 is 11.6 Å². The Labute approximate surface area is 126 Å². The summed E-state index contributed by atoms with van der Waals surface area (Å²) < 4.78 is 0. The molecule has 3 heterocycles. The normalized spacial score (nSPS) is 15.1. The van der Waals surface area contributed by atoms with Gasteiger partial charge in [-0.15, -0.1) is 0 Å². The second-order valence-corrected chi connectivity index (χ2v) is 4.95. The summed E-state index contributed by atoms with van der Waals surface area (Å²) in [4.78, 5) is 32.4. The molecular formula is C13H13ClN6O. The molecule has 7 nitrogen and oxygen atoms in total. The number of rotatable bonds is 2. The number of nitrogens with zero attached hydrogens (tertiary/aromatic N) is 6. The van der Waals surface area contributed by atoms with E-state index in [1.165, 1.54) is 12.4 Å². The summed E-state index contributed by atoms with van der Waals surface area (Å²) in [5.74, 6) is 0.703. The fourth-order valence-corrected chi connectivity index (χ4v) is 2.28. The van der Waals surface area contributed by atoms with Crippen LogP contribution in [0.15, 0.2) is 31.0 Å². The van der Waals surface area contributed by atoms with E-state index in [9.17, 15) is 4.79 Å². The molecule has 108 valence electrons. The first kappa shape index (κ1) is 13.7. The average molecular weight is 305 g/mol. The van der Waals surface area contributed by atoms with Gasteiger partial charge in [-0.1, -0.05) is 11.6 Å². The number of piperazine rings is 1. The van der Waals surface area contributed by atoms with Crippen molar-refractivity contribution >= 4 is 23.3 Å². The van der Waals surface area contributed by atoms with Gasteiger partial charge >= 0.3 is 0 Å². The smallest absolute Gasteiger partial charge is 0.274 e. The van der Waals surface area contributed by atoms with Gasteiger partial charge in [0.15, 0.2) is 0 Å². The molecule has 0 saturated carbocycles. The summed E-state index contributed by atoms with van der Waals surface area (Å²) in [6.07, 6.45) is 7.81. The Morgan fingerprint density at radius 2 is 1.81 bits per heavy atom. The molecule has 1 saturated heterocycles. The van der Waals surface area contributed by atoms with Gasteiger partial charge < -0.3 is 9.80 Å². The highest BCUT2D eigenvalue weighted by Crippen LogP contribution is 2.13. The molecule has 1 fully saturated rings. The maximum absolute atomic E-state index is 12.3. The van der Waals surface area contributed by atoms with Crippen molar-refractivity contribution in [3.8, 4) is 0 Å². The number of carbonyl (C=O) groups excluding carboxylic acids is 1. The Hall–Kier alpha value is -2.28. The molecule has 0 aromatic carbocycles. The lowest BCUT2D eigenvalue weighted by Gasteiger charge is -2.34. The molecule has 0 bridgehead atoms. The molecule has 1 aliphatic rings. The van der Waals surface area contributed by atoms with Crippen molar-refractivity contribution in [2.24, 2.45) is 0 Å². The molecule has 8 heteroatoms. The van der Waals surface area contributed by atoms with E-state index in [0.29, 0.717) is 31.9 Å². The van der Waals surface area contributed by atoms with Crippen LogP contribution in [0.25, 0.3) is 0 Å². The van der Waals surface area contributed by atoms with Gasteiger partial charge in [-0.25, -0.2) is 15.0 Å². The highest BCUT2D eigenvalue weighted by atomic mass is 35.5. The van der Waals surface area contributed by atoms with Crippen molar-refractivity contribution in [1.29, 1.82) is 0 Å². The predicted octanol–water partition coefficient (Wildman–Crippen LogP) is 0.882. The molecule has 0 unspecified atom stereocenters. The number of halogens is 1.